The predicted octanol–water partition coefficient (Wildman–Crippen LogP) is 4.46. The molecule has 33 heavy (non-hydrogen) atoms. The van der Waals surface area contributed by atoms with Crippen LogP contribution >= 0.6 is 34.4 Å². The Labute approximate surface area is 198 Å². The van der Waals surface area contributed by atoms with Crippen LogP contribution in [0.2, 0.25) is 0 Å². The summed E-state index contributed by atoms with van der Waals surface area (Å²) >= 11 is 4.50. The highest BCUT2D eigenvalue weighted by Gasteiger charge is 2.21. The van der Waals surface area contributed by atoms with Crippen LogP contribution in [0.3, 0.4) is 0 Å². The summed E-state index contributed by atoms with van der Waals surface area (Å²) in [5.74, 6) is 1.03. The Morgan fingerprint density at radius 1 is 1.09 bits per heavy atom. The molecule has 0 aliphatic heterocycles. The van der Waals surface area contributed by atoms with E-state index in [4.69, 9.17) is 4.98 Å². The molecule has 0 spiro atoms. The van der Waals surface area contributed by atoms with E-state index in [0.29, 0.717) is 32.4 Å². The van der Waals surface area contributed by atoms with Gasteiger partial charge in [-0.25, -0.2) is 4.98 Å². The molecule has 6 aromatic rings. The quantitative estimate of drug-likeness (QED) is 0.365. The molecule has 164 valence electrons. The van der Waals surface area contributed by atoms with Crippen LogP contribution in [0.1, 0.15) is 18.0 Å². The highest BCUT2D eigenvalue weighted by atomic mass is 32.2. The molecular weight excluding hydrogens is 476 g/mol. The van der Waals surface area contributed by atoms with Crippen LogP contribution in [0.25, 0.3) is 37.3 Å². The zero-order chi connectivity index (χ0) is 22.7. The zero-order valence-corrected chi connectivity index (χ0v) is 19.9. The summed E-state index contributed by atoms with van der Waals surface area (Å²) in [6, 6.07) is 11.4. The van der Waals surface area contributed by atoms with Gasteiger partial charge in [-0.05, 0) is 30.5 Å². The summed E-state index contributed by atoms with van der Waals surface area (Å²) in [7, 11) is 1.69. The first kappa shape index (κ1) is 20.3. The third-order valence-electron chi connectivity index (χ3n) is 5.51. The van der Waals surface area contributed by atoms with Gasteiger partial charge in [0.25, 0.3) is 11.1 Å². The number of fused-ring (bicyclic) bond motifs is 4. The van der Waals surface area contributed by atoms with Gasteiger partial charge in [-0.15, -0.1) is 32.9 Å². The van der Waals surface area contributed by atoms with Crippen LogP contribution in [0.15, 0.2) is 61.9 Å². The molecule has 1 N–H and O–H groups in total. The molecule has 0 radical (unpaired) electrons. The van der Waals surface area contributed by atoms with E-state index in [1.165, 1.54) is 27.7 Å². The number of rotatable bonds is 4. The van der Waals surface area contributed by atoms with Crippen molar-refractivity contribution in [1.29, 1.82) is 0 Å². The minimum absolute atomic E-state index is 0.120. The summed E-state index contributed by atoms with van der Waals surface area (Å²) in [6.07, 6.45) is 0. The normalized spacial score (nSPS) is 12.8. The minimum Gasteiger partial charge on any atom is -0.309 e. The molecule has 11 heteroatoms. The van der Waals surface area contributed by atoms with Crippen LogP contribution in [0, 0.1) is 0 Å². The Hall–Kier alpha value is -3.28. The minimum atomic E-state index is -0.196. The number of thioether (sulfide) groups is 1. The summed E-state index contributed by atoms with van der Waals surface area (Å²) in [6.45, 7) is 1.97. The molecule has 0 aliphatic rings. The molecule has 6 rings (SSSR count). The van der Waals surface area contributed by atoms with Crippen molar-refractivity contribution in [2.45, 2.75) is 17.3 Å². The van der Waals surface area contributed by atoms with Crippen LogP contribution < -0.4 is 11.1 Å². The van der Waals surface area contributed by atoms with Crippen molar-refractivity contribution >= 4 is 61.3 Å². The highest BCUT2D eigenvalue weighted by Crippen LogP contribution is 2.36. The van der Waals surface area contributed by atoms with Crippen molar-refractivity contribution in [3.05, 3.63) is 73.7 Å². The number of hydrogen-bond donors (Lipinski definition) is 1. The number of benzene rings is 1. The average molecular weight is 493 g/mol. The fraction of sp³-hybridized carbons (Fsp3) is 0.136. The first-order valence-corrected chi connectivity index (χ1v) is 12.7. The predicted molar refractivity (Wildman–Crippen MR) is 134 cm³/mol. The number of aromatic amines is 1. The lowest BCUT2D eigenvalue weighted by Crippen LogP contribution is -2.20. The molecule has 0 bridgehead atoms. The van der Waals surface area contributed by atoms with Gasteiger partial charge in [-0.2, -0.15) is 0 Å². The molecule has 0 saturated carbocycles. The van der Waals surface area contributed by atoms with Gasteiger partial charge in [-0.3, -0.25) is 18.6 Å². The van der Waals surface area contributed by atoms with Crippen LogP contribution in [0.4, 0.5) is 0 Å². The molecule has 0 saturated heterocycles. The number of thiophene rings is 2. The van der Waals surface area contributed by atoms with E-state index in [9.17, 15) is 9.59 Å². The zero-order valence-electron chi connectivity index (χ0n) is 17.5. The number of aryl methyl sites for hydroxylation is 1. The number of para-hydroxylation sites is 1. The Morgan fingerprint density at radius 2 is 1.94 bits per heavy atom. The van der Waals surface area contributed by atoms with Gasteiger partial charge in [0.05, 0.1) is 21.5 Å². The SMILES string of the molecule is CC(Sc1nnc2n(C)c(=O)c3ccccc3n12)c1nc2scc(-c3cccs3)c2c(=O)[nH]1. The van der Waals surface area contributed by atoms with Gasteiger partial charge in [0, 0.05) is 22.9 Å². The van der Waals surface area contributed by atoms with Crippen LogP contribution in [-0.2, 0) is 7.05 Å². The first-order valence-electron chi connectivity index (χ1n) is 10.1. The van der Waals surface area contributed by atoms with Crippen molar-refractivity contribution in [3.8, 4) is 10.4 Å². The molecular formula is C22H16N6O2S3. The van der Waals surface area contributed by atoms with Crippen molar-refractivity contribution in [2.24, 2.45) is 7.05 Å². The van der Waals surface area contributed by atoms with E-state index in [-0.39, 0.29) is 16.4 Å². The Balaban J connectivity index is 1.44. The maximum atomic E-state index is 13.0. The summed E-state index contributed by atoms with van der Waals surface area (Å²) in [4.78, 5) is 35.1. The van der Waals surface area contributed by atoms with Gasteiger partial charge in [0.1, 0.15) is 10.7 Å². The molecule has 1 atom stereocenters. The number of nitrogens with one attached hydrogen (secondary N) is 1. The fourth-order valence-corrected chi connectivity index (χ4v) is 6.55. The number of aromatic nitrogens is 6. The lowest BCUT2D eigenvalue weighted by molar-refractivity contribution is 0.851. The van der Waals surface area contributed by atoms with Gasteiger partial charge in [0.15, 0.2) is 5.16 Å². The summed E-state index contributed by atoms with van der Waals surface area (Å²) in [5.41, 5.74) is 1.39. The summed E-state index contributed by atoms with van der Waals surface area (Å²) < 4.78 is 3.36. The van der Waals surface area contributed by atoms with Crippen molar-refractivity contribution < 1.29 is 0 Å². The lowest BCUT2D eigenvalue weighted by Gasteiger charge is -2.11. The van der Waals surface area contributed by atoms with Crippen molar-refractivity contribution in [1.82, 2.24) is 29.1 Å². The molecule has 0 aliphatic carbocycles. The van der Waals surface area contributed by atoms with Gasteiger partial charge >= 0.3 is 0 Å². The van der Waals surface area contributed by atoms with Gasteiger partial charge in [0.2, 0.25) is 5.78 Å². The third-order valence-corrected chi connectivity index (χ3v) is 8.34. The summed E-state index contributed by atoms with van der Waals surface area (Å²) in [5, 5.41) is 14.2. The molecule has 5 aromatic heterocycles. The van der Waals surface area contributed by atoms with E-state index >= 15 is 0 Å². The van der Waals surface area contributed by atoms with Crippen LogP contribution in [-0.4, -0.2) is 29.1 Å². The van der Waals surface area contributed by atoms with Crippen molar-refractivity contribution in [2.75, 3.05) is 0 Å². The average Bonchev–Trinajstić information content (AvgIpc) is 3.57. The van der Waals surface area contributed by atoms with E-state index in [0.717, 1.165) is 16.0 Å². The molecule has 0 fully saturated rings. The smallest absolute Gasteiger partial charge is 0.262 e. The maximum Gasteiger partial charge on any atom is 0.262 e. The second-order valence-corrected chi connectivity index (χ2v) is 10.6. The third kappa shape index (κ3) is 3.15. The second-order valence-electron chi connectivity index (χ2n) is 7.52. The van der Waals surface area contributed by atoms with E-state index < -0.39 is 0 Å². The molecule has 1 aromatic carbocycles. The Kier molecular flexibility index (Phi) is 4.71. The maximum absolute atomic E-state index is 13.0. The number of H-pyrrole nitrogens is 1. The lowest BCUT2D eigenvalue weighted by atomic mass is 10.2. The standard InChI is InChI=1S/C22H16N6O2S3/c1-11(17-23-18(29)16-13(10-32-19(16)24-17)15-8-5-9-31-15)33-22-26-25-21-27(2)20(30)12-6-3-4-7-14(12)28(21)22/h3-11H,1-2H3,(H,23,24,29). The van der Waals surface area contributed by atoms with Crippen molar-refractivity contribution in [3.63, 3.8) is 0 Å². The Bertz CT molecular complexity index is 1780. The van der Waals surface area contributed by atoms with Gasteiger partial charge in [-0.1, -0.05) is 30.0 Å². The van der Waals surface area contributed by atoms with Gasteiger partial charge < -0.3 is 4.98 Å². The number of nitrogens with zero attached hydrogens (tertiary/aromatic N) is 5. The van der Waals surface area contributed by atoms with E-state index in [1.807, 2.05) is 52.4 Å². The van der Waals surface area contributed by atoms with E-state index in [1.54, 1.807) is 24.5 Å². The number of hydrogen-bond acceptors (Lipinski definition) is 8. The monoisotopic (exact) mass is 492 g/mol. The first-order chi connectivity index (χ1) is 16.0. The van der Waals surface area contributed by atoms with E-state index in [2.05, 4.69) is 15.2 Å². The highest BCUT2D eigenvalue weighted by molar-refractivity contribution is 7.99. The Morgan fingerprint density at radius 3 is 2.76 bits per heavy atom. The largest absolute Gasteiger partial charge is 0.309 e. The molecule has 1 unspecified atom stereocenters. The fourth-order valence-electron chi connectivity index (χ4n) is 3.87. The molecule has 8 nitrogen and oxygen atoms in total. The molecule has 5 heterocycles. The van der Waals surface area contributed by atoms with Crippen LogP contribution in [0.5, 0.6) is 0 Å². The second kappa shape index (κ2) is 7.65. The molecule has 0 amide bonds. The topological polar surface area (TPSA) is 97.9 Å².